The van der Waals surface area contributed by atoms with E-state index in [1.165, 1.54) is 0 Å². The van der Waals surface area contributed by atoms with Crippen LogP contribution in [0.25, 0.3) is 0 Å². The van der Waals surface area contributed by atoms with Crippen molar-refractivity contribution in [2.24, 2.45) is 10.8 Å². The molecule has 118 valence electrons. The molecule has 0 saturated carbocycles. The van der Waals surface area contributed by atoms with Crippen LogP contribution < -0.4 is 4.74 Å². The van der Waals surface area contributed by atoms with Gasteiger partial charge in [0.05, 0.1) is 12.5 Å². The zero-order chi connectivity index (χ0) is 16.4. The van der Waals surface area contributed by atoms with E-state index in [9.17, 15) is 4.79 Å². The minimum atomic E-state index is -0.533. The second kappa shape index (κ2) is 6.39. The minimum absolute atomic E-state index is 0.211. The van der Waals surface area contributed by atoms with E-state index >= 15 is 0 Å². The highest BCUT2D eigenvalue weighted by Gasteiger charge is 2.35. The first-order valence-corrected chi connectivity index (χ1v) is 7.80. The lowest BCUT2D eigenvalue weighted by atomic mass is 9.84. The van der Waals surface area contributed by atoms with Crippen molar-refractivity contribution in [3.8, 4) is 5.75 Å². The van der Waals surface area contributed by atoms with E-state index in [1.807, 2.05) is 39.0 Å². The van der Waals surface area contributed by atoms with Crippen LogP contribution in [-0.2, 0) is 9.53 Å². The number of carbonyl (C=O) groups is 1. The van der Waals surface area contributed by atoms with Crippen LogP contribution in [0.15, 0.2) is 22.7 Å². The zero-order valence-corrected chi connectivity index (χ0v) is 15.5. The number of methoxy groups -OCH3 is 1. The summed E-state index contributed by atoms with van der Waals surface area (Å²) in [6, 6.07) is 5.70. The fourth-order valence-corrected chi connectivity index (χ4v) is 2.29. The molecule has 1 rings (SSSR count). The van der Waals surface area contributed by atoms with Crippen molar-refractivity contribution in [1.29, 1.82) is 0 Å². The van der Waals surface area contributed by atoms with Crippen molar-refractivity contribution in [3.05, 3.63) is 28.2 Å². The van der Waals surface area contributed by atoms with E-state index in [4.69, 9.17) is 9.47 Å². The molecule has 0 aliphatic heterocycles. The number of hydrogen-bond donors (Lipinski definition) is 0. The van der Waals surface area contributed by atoms with Crippen molar-refractivity contribution in [3.63, 3.8) is 0 Å². The highest BCUT2D eigenvalue weighted by Crippen LogP contribution is 2.41. The third-order valence-electron chi connectivity index (χ3n) is 3.11. The van der Waals surface area contributed by atoms with Gasteiger partial charge in [0.25, 0.3) is 0 Å². The lowest BCUT2D eigenvalue weighted by molar-refractivity contribution is -0.165. The Labute approximate surface area is 136 Å². The standard InChI is InChI=1S/C17H25BrO3/c1-16(2,3)14(21-15(19)17(4,5)6)12-10-11(20-7)8-9-13(12)18/h8-10,14H,1-7H3. The molecule has 0 saturated heterocycles. The summed E-state index contributed by atoms with van der Waals surface area (Å²) >= 11 is 3.55. The first kappa shape index (κ1) is 18.0. The lowest BCUT2D eigenvalue weighted by Gasteiger charge is -2.33. The van der Waals surface area contributed by atoms with E-state index in [2.05, 4.69) is 36.7 Å². The molecule has 0 aliphatic carbocycles. The molecule has 0 aliphatic rings. The monoisotopic (exact) mass is 356 g/mol. The Morgan fingerprint density at radius 1 is 1.14 bits per heavy atom. The van der Waals surface area contributed by atoms with Crippen LogP contribution in [0, 0.1) is 10.8 Å². The fourth-order valence-electron chi connectivity index (χ4n) is 1.84. The molecule has 1 unspecified atom stereocenters. The van der Waals surface area contributed by atoms with Crippen LogP contribution in [0.1, 0.15) is 53.2 Å². The Morgan fingerprint density at radius 2 is 1.71 bits per heavy atom. The third-order valence-corrected chi connectivity index (χ3v) is 3.83. The number of ether oxygens (including phenoxy) is 2. The number of rotatable bonds is 3. The summed E-state index contributed by atoms with van der Waals surface area (Å²) < 4.78 is 12.0. The van der Waals surface area contributed by atoms with Gasteiger partial charge in [0, 0.05) is 15.5 Å². The van der Waals surface area contributed by atoms with Crippen LogP contribution in [0.2, 0.25) is 0 Å². The maximum atomic E-state index is 12.3. The highest BCUT2D eigenvalue weighted by atomic mass is 79.9. The van der Waals surface area contributed by atoms with E-state index in [0.29, 0.717) is 0 Å². The maximum absolute atomic E-state index is 12.3. The van der Waals surface area contributed by atoms with Gasteiger partial charge in [-0.25, -0.2) is 0 Å². The average molecular weight is 357 g/mol. The summed E-state index contributed by atoms with van der Waals surface area (Å²) in [6.07, 6.45) is -0.353. The summed E-state index contributed by atoms with van der Waals surface area (Å²) in [4.78, 5) is 12.3. The Bertz CT molecular complexity index is 510. The van der Waals surface area contributed by atoms with Crippen molar-refractivity contribution >= 4 is 21.9 Å². The van der Waals surface area contributed by atoms with Crippen molar-refractivity contribution in [2.45, 2.75) is 47.6 Å². The summed E-state index contributed by atoms with van der Waals surface area (Å²) in [7, 11) is 1.63. The topological polar surface area (TPSA) is 35.5 Å². The summed E-state index contributed by atoms with van der Waals surface area (Å²) in [5.41, 5.74) is 0.157. The van der Waals surface area contributed by atoms with Gasteiger partial charge in [0.1, 0.15) is 11.9 Å². The Hall–Kier alpha value is -1.03. The smallest absolute Gasteiger partial charge is 0.311 e. The largest absolute Gasteiger partial charge is 0.497 e. The lowest BCUT2D eigenvalue weighted by Crippen LogP contribution is -2.30. The molecule has 0 radical (unpaired) electrons. The quantitative estimate of drug-likeness (QED) is 0.703. The average Bonchev–Trinajstić information content (AvgIpc) is 2.34. The molecule has 1 aromatic rings. The normalized spacial score (nSPS) is 13.7. The number of benzene rings is 1. The van der Waals surface area contributed by atoms with Crippen LogP contribution in [0.4, 0.5) is 0 Å². The maximum Gasteiger partial charge on any atom is 0.311 e. The van der Waals surface area contributed by atoms with Crippen LogP contribution in [-0.4, -0.2) is 13.1 Å². The number of esters is 1. The van der Waals surface area contributed by atoms with Crippen molar-refractivity contribution < 1.29 is 14.3 Å². The molecule has 21 heavy (non-hydrogen) atoms. The highest BCUT2D eigenvalue weighted by molar-refractivity contribution is 9.10. The minimum Gasteiger partial charge on any atom is -0.497 e. The molecule has 0 amide bonds. The van der Waals surface area contributed by atoms with E-state index in [1.54, 1.807) is 7.11 Å². The van der Waals surface area contributed by atoms with Gasteiger partial charge in [-0.3, -0.25) is 4.79 Å². The van der Waals surface area contributed by atoms with Crippen molar-refractivity contribution in [2.75, 3.05) is 7.11 Å². The molecule has 0 N–H and O–H groups in total. The molecule has 1 aromatic carbocycles. The van der Waals surface area contributed by atoms with E-state index in [-0.39, 0.29) is 17.5 Å². The molecule has 0 bridgehead atoms. The summed E-state index contributed by atoms with van der Waals surface area (Å²) in [5, 5.41) is 0. The molecule has 4 heteroatoms. The number of halogens is 1. The van der Waals surface area contributed by atoms with Crippen molar-refractivity contribution in [1.82, 2.24) is 0 Å². The fraction of sp³-hybridized carbons (Fsp3) is 0.588. The molecule has 0 fully saturated rings. The van der Waals surface area contributed by atoms with Gasteiger partial charge in [0.2, 0.25) is 0 Å². The van der Waals surface area contributed by atoms with Crippen LogP contribution in [0.5, 0.6) is 5.75 Å². The predicted molar refractivity (Wildman–Crippen MR) is 88.4 cm³/mol. The number of carbonyl (C=O) groups excluding carboxylic acids is 1. The van der Waals surface area contributed by atoms with Gasteiger partial charge in [0.15, 0.2) is 0 Å². The van der Waals surface area contributed by atoms with Gasteiger partial charge in [-0.1, -0.05) is 36.7 Å². The van der Waals surface area contributed by atoms with Gasteiger partial charge in [-0.05, 0) is 39.0 Å². The van der Waals surface area contributed by atoms with Crippen LogP contribution >= 0.6 is 15.9 Å². The Kier molecular flexibility index (Phi) is 5.48. The first-order valence-electron chi connectivity index (χ1n) is 7.01. The Morgan fingerprint density at radius 3 is 2.14 bits per heavy atom. The second-order valence-electron chi connectivity index (χ2n) is 7.29. The summed E-state index contributed by atoms with van der Waals surface area (Å²) in [6.45, 7) is 11.7. The molecule has 0 spiro atoms. The first-order chi connectivity index (χ1) is 9.46. The zero-order valence-electron chi connectivity index (χ0n) is 13.9. The van der Waals surface area contributed by atoms with E-state index < -0.39 is 5.41 Å². The Balaban J connectivity index is 3.24. The molecule has 1 atom stereocenters. The third kappa shape index (κ3) is 4.73. The van der Waals surface area contributed by atoms with E-state index in [0.717, 1.165) is 15.8 Å². The van der Waals surface area contributed by atoms with Gasteiger partial charge in [-0.15, -0.1) is 0 Å². The second-order valence-corrected chi connectivity index (χ2v) is 8.14. The number of hydrogen-bond acceptors (Lipinski definition) is 3. The summed E-state index contributed by atoms with van der Waals surface area (Å²) in [5.74, 6) is 0.534. The predicted octanol–water partition coefficient (Wildman–Crippen LogP) is 5.13. The molecule has 3 nitrogen and oxygen atoms in total. The van der Waals surface area contributed by atoms with Crippen LogP contribution in [0.3, 0.4) is 0 Å². The SMILES string of the molecule is COc1ccc(Br)c(C(OC(=O)C(C)(C)C)C(C)(C)C)c1. The molecular weight excluding hydrogens is 332 g/mol. The molecule has 0 aromatic heterocycles. The molecular formula is C17H25BrO3. The van der Waals surface area contributed by atoms with Gasteiger partial charge in [-0.2, -0.15) is 0 Å². The molecule has 0 heterocycles. The van der Waals surface area contributed by atoms with Gasteiger partial charge >= 0.3 is 5.97 Å². The van der Waals surface area contributed by atoms with Gasteiger partial charge < -0.3 is 9.47 Å².